The minimum absolute atomic E-state index is 0.0400. The number of hydrogen-bond donors (Lipinski definition) is 1. The van der Waals surface area contributed by atoms with Gasteiger partial charge in [-0.1, -0.05) is 48.5 Å². The van der Waals surface area contributed by atoms with Crippen molar-refractivity contribution in [2.45, 2.75) is 12.8 Å². The maximum absolute atomic E-state index is 13.7. The number of anilines is 1. The Labute approximate surface area is 182 Å². The number of aryl methyl sites for hydroxylation is 1. The van der Waals surface area contributed by atoms with E-state index in [1.807, 2.05) is 96.6 Å². The van der Waals surface area contributed by atoms with Gasteiger partial charge in [0.2, 0.25) is 5.78 Å². The SMILES string of the molecule is COc1ccc([C@@H](CNc2ccccc2)C(=O)c2nccn2-c2ccccc2C)cc1. The topological polar surface area (TPSA) is 56.1 Å². The van der Waals surface area contributed by atoms with Crippen LogP contribution in [0.1, 0.15) is 27.7 Å². The van der Waals surface area contributed by atoms with E-state index in [-0.39, 0.29) is 5.78 Å². The molecule has 31 heavy (non-hydrogen) atoms. The van der Waals surface area contributed by atoms with Gasteiger partial charge in [0.25, 0.3) is 0 Å². The first-order chi connectivity index (χ1) is 15.2. The molecule has 0 radical (unpaired) electrons. The lowest BCUT2D eigenvalue weighted by atomic mass is 9.93. The summed E-state index contributed by atoms with van der Waals surface area (Å²) in [6.07, 6.45) is 3.51. The minimum Gasteiger partial charge on any atom is -0.497 e. The summed E-state index contributed by atoms with van der Waals surface area (Å²) in [6.45, 7) is 2.48. The van der Waals surface area contributed by atoms with Crippen LogP contribution in [0.4, 0.5) is 5.69 Å². The number of Topliss-reactive ketones (excluding diaryl/α,β-unsaturated/α-hetero) is 1. The zero-order valence-corrected chi connectivity index (χ0v) is 17.7. The molecule has 4 aromatic rings. The van der Waals surface area contributed by atoms with E-state index >= 15 is 0 Å². The highest BCUT2D eigenvalue weighted by atomic mass is 16.5. The van der Waals surface area contributed by atoms with Crippen LogP contribution >= 0.6 is 0 Å². The van der Waals surface area contributed by atoms with Gasteiger partial charge in [0, 0.05) is 24.6 Å². The number of nitrogens with one attached hydrogen (secondary N) is 1. The maximum Gasteiger partial charge on any atom is 0.207 e. The average molecular weight is 412 g/mol. The number of methoxy groups -OCH3 is 1. The maximum atomic E-state index is 13.7. The van der Waals surface area contributed by atoms with Gasteiger partial charge in [0.1, 0.15) is 5.75 Å². The first kappa shape index (κ1) is 20.4. The number of hydrogen-bond acceptors (Lipinski definition) is 4. The number of carbonyl (C=O) groups excluding carboxylic acids is 1. The van der Waals surface area contributed by atoms with Crippen molar-refractivity contribution in [3.05, 3.63) is 108 Å². The van der Waals surface area contributed by atoms with E-state index in [4.69, 9.17) is 4.74 Å². The normalized spacial score (nSPS) is 11.7. The molecular formula is C26H25N3O2. The number of imidazole rings is 1. The summed E-state index contributed by atoms with van der Waals surface area (Å²) in [5, 5.41) is 3.40. The van der Waals surface area contributed by atoms with E-state index in [9.17, 15) is 4.79 Å². The van der Waals surface area contributed by atoms with E-state index in [1.54, 1.807) is 13.3 Å². The molecule has 0 fully saturated rings. The van der Waals surface area contributed by atoms with Crippen LogP contribution in [0.2, 0.25) is 0 Å². The van der Waals surface area contributed by atoms with Gasteiger partial charge in [-0.15, -0.1) is 0 Å². The minimum atomic E-state index is -0.406. The Bertz CT molecular complexity index is 1150. The number of benzene rings is 3. The van der Waals surface area contributed by atoms with Crippen molar-refractivity contribution < 1.29 is 9.53 Å². The molecule has 3 aromatic carbocycles. The van der Waals surface area contributed by atoms with Crippen molar-refractivity contribution in [2.75, 3.05) is 19.0 Å². The van der Waals surface area contributed by atoms with E-state index in [0.29, 0.717) is 12.4 Å². The molecule has 0 saturated heterocycles. The predicted octanol–water partition coefficient (Wildman–Crippen LogP) is 5.27. The fourth-order valence-corrected chi connectivity index (χ4v) is 3.64. The molecule has 0 aliphatic heterocycles. The van der Waals surface area contributed by atoms with Crippen molar-refractivity contribution in [2.24, 2.45) is 0 Å². The Hall–Kier alpha value is -3.86. The molecule has 0 bridgehead atoms. The van der Waals surface area contributed by atoms with Crippen molar-refractivity contribution in [3.8, 4) is 11.4 Å². The first-order valence-electron chi connectivity index (χ1n) is 10.2. The highest BCUT2D eigenvalue weighted by Crippen LogP contribution is 2.26. The van der Waals surface area contributed by atoms with Crippen molar-refractivity contribution in [1.82, 2.24) is 9.55 Å². The van der Waals surface area contributed by atoms with Gasteiger partial charge in [0.15, 0.2) is 5.82 Å². The Morgan fingerprint density at radius 2 is 1.71 bits per heavy atom. The smallest absolute Gasteiger partial charge is 0.207 e. The third-order valence-electron chi connectivity index (χ3n) is 5.35. The molecule has 1 heterocycles. The molecule has 5 nitrogen and oxygen atoms in total. The number of nitrogens with zero attached hydrogens (tertiary/aromatic N) is 2. The largest absolute Gasteiger partial charge is 0.497 e. The number of para-hydroxylation sites is 2. The molecular weight excluding hydrogens is 386 g/mol. The van der Waals surface area contributed by atoms with Crippen molar-refractivity contribution >= 4 is 11.5 Å². The summed E-state index contributed by atoms with van der Waals surface area (Å²) in [5.41, 5.74) is 3.91. The first-order valence-corrected chi connectivity index (χ1v) is 10.2. The number of carbonyl (C=O) groups is 1. The van der Waals surface area contributed by atoms with Gasteiger partial charge in [-0.2, -0.15) is 0 Å². The Balaban J connectivity index is 1.69. The zero-order chi connectivity index (χ0) is 21.6. The second-order valence-electron chi connectivity index (χ2n) is 7.34. The predicted molar refractivity (Wildman–Crippen MR) is 123 cm³/mol. The molecule has 0 unspecified atom stereocenters. The standard InChI is InChI=1S/C26H25N3O2/c1-19-8-6-7-11-24(19)29-17-16-27-26(29)25(30)23(18-28-21-9-4-3-5-10-21)20-12-14-22(31-2)15-13-20/h3-17,23,28H,18H2,1-2H3/t23-/m1/s1. The van der Waals surface area contributed by atoms with Crippen LogP contribution in [-0.4, -0.2) is 29.0 Å². The van der Waals surface area contributed by atoms with E-state index in [1.165, 1.54) is 0 Å². The molecule has 0 aliphatic carbocycles. The summed E-state index contributed by atoms with van der Waals surface area (Å²) in [4.78, 5) is 18.2. The van der Waals surface area contributed by atoms with Crippen LogP contribution < -0.4 is 10.1 Å². The fourth-order valence-electron chi connectivity index (χ4n) is 3.64. The monoisotopic (exact) mass is 411 g/mol. The van der Waals surface area contributed by atoms with Crippen LogP contribution in [0.25, 0.3) is 5.69 Å². The lowest BCUT2D eigenvalue weighted by molar-refractivity contribution is 0.0952. The highest BCUT2D eigenvalue weighted by molar-refractivity contribution is 5.99. The van der Waals surface area contributed by atoms with Crippen LogP contribution in [0.15, 0.2) is 91.3 Å². The molecule has 0 saturated carbocycles. The van der Waals surface area contributed by atoms with Crippen molar-refractivity contribution in [3.63, 3.8) is 0 Å². The van der Waals surface area contributed by atoms with Crippen LogP contribution in [0, 0.1) is 6.92 Å². The second-order valence-corrected chi connectivity index (χ2v) is 7.34. The second kappa shape index (κ2) is 9.30. The van der Waals surface area contributed by atoms with Crippen LogP contribution in [0.5, 0.6) is 5.75 Å². The Morgan fingerprint density at radius 1 is 1.00 bits per heavy atom. The molecule has 1 atom stereocenters. The van der Waals surface area contributed by atoms with Gasteiger partial charge in [0.05, 0.1) is 18.7 Å². The van der Waals surface area contributed by atoms with E-state index in [0.717, 1.165) is 28.3 Å². The van der Waals surface area contributed by atoms with Gasteiger partial charge in [-0.05, 0) is 48.4 Å². The van der Waals surface area contributed by atoms with Gasteiger partial charge >= 0.3 is 0 Å². The number of ether oxygens (including phenoxy) is 1. The van der Waals surface area contributed by atoms with E-state index in [2.05, 4.69) is 10.3 Å². The fraction of sp³-hybridized carbons (Fsp3) is 0.154. The van der Waals surface area contributed by atoms with Gasteiger partial charge < -0.3 is 10.1 Å². The molecule has 5 heteroatoms. The molecule has 0 aliphatic rings. The quantitative estimate of drug-likeness (QED) is 0.402. The molecule has 0 amide bonds. The summed E-state index contributed by atoms with van der Waals surface area (Å²) in [6, 6.07) is 25.5. The summed E-state index contributed by atoms with van der Waals surface area (Å²) in [7, 11) is 1.63. The van der Waals surface area contributed by atoms with Gasteiger partial charge in [-0.3, -0.25) is 9.36 Å². The third-order valence-corrected chi connectivity index (χ3v) is 5.35. The summed E-state index contributed by atoms with van der Waals surface area (Å²) >= 11 is 0. The van der Waals surface area contributed by atoms with Crippen molar-refractivity contribution in [1.29, 1.82) is 0 Å². The molecule has 1 N–H and O–H groups in total. The highest BCUT2D eigenvalue weighted by Gasteiger charge is 2.26. The zero-order valence-electron chi connectivity index (χ0n) is 17.7. The molecule has 1 aromatic heterocycles. The summed E-state index contributed by atoms with van der Waals surface area (Å²) in [5.74, 6) is 0.732. The number of ketones is 1. The van der Waals surface area contributed by atoms with Crippen LogP contribution in [0.3, 0.4) is 0 Å². The molecule has 0 spiro atoms. The van der Waals surface area contributed by atoms with Gasteiger partial charge in [-0.25, -0.2) is 4.98 Å². The number of rotatable bonds is 8. The summed E-state index contributed by atoms with van der Waals surface area (Å²) < 4.78 is 7.16. The Morgan fingerprint density at radius 3 is 2.42 bits per heavy atom. The lowest BCUT2D eigenvalue weighted by Crippen LogP contribution is -2.24. The molecule has 4 rings (SSSR count). The van der Waals surface area contributed by atoms with Crippen LogP contribution in [-0.2, 0) is 0 Å². The lowest BCUT2D eigenvalue weighted by Gasteiger charge is -2.19. The average Bonchev–Trinajstić information content (AvgIpc) is 3.30. The third kappa shape index (κ3) is 4.51. The Kier molecular flexibility index (Phi) is 6.13. The van der Waals surface area contributed by atoms with E-state index < -0.39 is 5.92 Å². The molecule has 156 valence electrons. The number of aromatic nitrogens is 2.